The minimum Gasteiger partial charge on any atom is -0.399 e. The number of aromatic nitrogens is 2. The predicted molar refractivity (Wildman–Crippen MR) is 89.8 cm³/mol. The molecule has 1 N–H and O–H groups in total. The molecule has 1 unspecified atom stereocenters. The van der Waals surface area contributed by atoms with E-state index in [0.717, 1.165) is 31.3 Å². The molecule has 126 valence electrons. The van der Waals surface area contributed by atoms with Gasteiger partial charge in [0.05, 0.1) is 23.9 Å². The SMILES string of the molecule is CC1(C)OB(c2cnc(N3CCCCC3CO)nc2)OC1(C)C. The maximum Gasteiger partial charge on any atom is 0.498 e. The molecule has 0 aliphatic carbocycles. The molecule has 7 heteroatoms. The second-order valence-corrected chi connectivity index (χ2v) is 7.43. The summed E-state index contributed by atoms with van der Waals surface area (Å²) in [5.74, 6) is 0.670. The largest absolute Gasteiger partial charge is 0.498 e. The van der Waals surface area contributed by atoms with E-state index in [-0.39, 0.29) is 23.9 Å². The van der Waals surface area contributed by atoms with E-state index >= 15 is 0 Å². The molecule has 1 aromatic rings. The van der Waals surface area contributed by atoms with Crippen LogP contribution in [0.3, 0.4) is 0 Å². The van der Waals surface area contributed by atoms with Gasteiger partial charge in [-0.3, -0.25) is 0 Å². The first kappa shape index (κ1) is 16.7. The van der Waals surface area contributed by atoms with Crippen LogP contribution in [-0.4, -0.2) is 52.6 Å². The molecule has 6 nitrogen and oxygen atoms in total. The fourth-order valence-electron chi connectivity index (χ4n) is 3.03. The van der Waals surface area contributed by atoms with Crippen molar-refractivity contribution in [2.24, 2.45) is 0 Å². The van der Waals surface area contributed by atoms with Gasteiger partial charge in [0, 0.05) is 24.4 Å². The molecule has 1 aromatic heterocycles. The molecule has 0 saturated carbocycles. The molecular weight excluding hydrogens is 293 g/mol. The van der Waals surface area contributed by atoms with E-state index in [1.807, 2.05) is 27.7 Å². The van der Waals surface area contributed by atoms with Crippen LogP contribution in [0.4, 0.5) is 5.95 Å². The standard InChI is InChI=1S/C16H26BN3O3/c1-15(2)16(3,4)23-17(22-15)12-9-18-14(19-10-12)20-8-6-5-7-13(20)11-21/h9-10,13,21H,5-8,11H2,1-4H3. The maximum absolute atomic E-state index is 9.53. The highest BCUT2D eigenvalue weighted by molar-refractivity contribution is 6.61. The van der Waals surface area contributed by atoms with Crippen molar-refractivity contribution in [2.45, 2.75) is 64.2 Å². The normalized spacial score (nSPS) is 26.6. The second-order valence-electron chi connectivity index (χ2n) is 7.43. The summed E-state index contributed by atoms with van der Waals surface area (Å²) in [7, 11) is -0.441. The van der Waals surface area contributed by atoms with Crippen molar-refractivity contribution in [1.29, 1.82) is 0 Å². The molecule has 0 amide bonds. The van der Waals surface area contributed by atoms with Crippen LogP contribution in [0.5, 0.6) is 0 Å². The van der Waals surface area contributed by atoms with Crippen LogP contribution in [-0.2, 0) is 9.31 Å². The van der Waals surface area contributed by atoms with E-state index in [0.29, 0.717) is 5.95 Å². The van der Waals surface area contributed by atoms with Crippen LogP contribution < -0.4 is 10.4 Å². The lowest BCUT2D eigenvalue weighted by Crippen LogP contribution is -2.43. The predicted octanol–water partition coefficient (Wildman–Crippen LogP) is 1.13. The smallest absolute Gasteiger partial charge is 0.399 e. The Morgan fingerprint density at radius 1 is 1.17 bits per heavy atom. The summed E-state index contributed by atoms with van der Waals surface area (Å²) < 4.78 is 12.0. The summed E-state index contributed by atoms with van der Waals surface area (Å²) in [5.41, 5.74) is 0.0843. The van der Waals surface area contributed by atoms with Crippen LogP contribution >= 0.6 is 0 Å². The Kier molecular flexibility index (Phi) is 4.38. The summed E-state index contributed by atoms with van der Waals surface area (Å²) in [4.78, 5) is 11.1. The number of anilines is 1. The van der Waals surface area contributed by atoms with Gasteiger partial charge in [-0.25, -0.2) is 9.97 Å². The molecule has 2 saturated heterocycles. The Bertz CT molecular complexity index is 534. The van der Waals surface area contributed by atoms with E-state index < -0.39 is 7.12 Å². The fraction of sp³-hybridized carbons (Fsp3) is 0.750. The van der Waals surface area contributed by atoms with Gasteiger partial charge in [-0.2, -0.15) is 0 Å². The maximum atomic E-state index is 9.53. The molecular formula is C16H26BN3O3. The minimum atomic E-state index is -0.441. The van der Waals surface area contributed by atoms with Crippen molar-refractivity contribution in [3.63, 3.8) is 0 Å². The van der Waals surface area contributed by atoms with E-state index in [2.05, 4.69) is 14.9 Å². The number of nitrogens with zero attached hydrogens (tertiary/aromatic N) is 3. The van der Waals surface area contributed by atoms with E-state index in [9.17, 15) is 5.11 Å². The zero-order valence-electron chi connectivity index (χ0n) is 14.5. The summed E-state index contributed by atoms with van der Waals surface area (Å²) in [6.45, 7) is 9.15. The lowest BCUT2D eigenvalue weighted by atomic mass is 9.81. The third kappa shape index (κ3) is 3.10. The Hall–Kier alpha value is -1.18. The van der Waals surface area contributed by atoms with Crippen molar-refractivity contribution in [1.82, 2.24) is 9.97 Å². The van der Waals surface area contributed by atoms with Crippen LogP contribution in [0.25, 0.3) is 0 Å². The van der Waals surface area contributed by atoms with Gasteiger partial charge in [0.15, 0.2) is 0 Å². The highest BCUT2D eigenvalue weighted by Gasteiger charge is 2.52. The van der Waals surface area contributed by atoms with Crippen molar-refractivity contribution in [3.8, 4) is 0 Å². The summed E-state index contributed by atoms with van der Waals surface area (Å²) in [6, 6.07) is 0.117. The van der Waals surface area contributed by atoms with Crippen molar-refractivity contribution >= 4 is 18.5 Å². The summed E-state index contributed by atoms with van der Waals surface area (Å²) >= 11 is 0. The third-order valence-corrected chi connectivity index (χ3v) is 5.28. The van der Waals surface area contributed by atoms with E-state index in [4.69, 9.17) is 9.31 Å². The highest BCUT2D eigenvalue weighted by Crippen LogP contribution is 2.36. The van der Waals surface area contributed by atoms with Gasteiger partial charge in [-0.15, -0.1) is 0 Å². The quantitative estimate of drug-likeness (QED) is 0.843. The topological polar surface area (TPSA) is 67.7 Å². The fourth-order valence-corrected chi connectivity index (χ4v) is 3.03. The number of piperidine rings is 1. The van der Waals surface area contributed by atoms with Crippen LogP contribution in [0.2, 0.25) is 0 Å². The molecule has 0 bridgehead atoms. The summed E-state index contributed by atoms with van der Waals surface area (Å²) in [6.07, 6.45) is 6.78. The Morgan fingerprint density at radius 2 is 1.78 bits per heavy atom. The number of hydrogen-bond donors (Lipinski definition) is 1. The van der Waals surface area contributed by atoms with Gasteiger partial charge in [0.1, 0.15) is 0 Å². The lowest BCUT2D eigenvalue weighted by molar-refractivity contribution is 0.00578. The number of aliphatic hydroxyl groups excluding tert-OH is 1. The average molecular weight is 319 g/mol. The molecule has 23 heavy (non-hydrogen) atoms. The lowest BCUT2D eigenvalue weighted by Gasteiger charge is -2.34. The summed E-state index contributed by atoms with van der Waals surface area (Å²) in [5, 5.41) is 9.53. The molecule has 0 aromatic carbocycles. The molecule has 3 rings (SSSR count). The van der Waals surface area contributed by atoms with Crippen LogP contribution in [0, 0.1) is 0 Å². The molecule has 2 aliphatic heterocycles. The first-order valence-corrected chi connectivity index (χ1v) is 8.39. The first-order chi connectivity index (χ1) is 10.8. The molecule has 2 fully saturated rings. The van der Waals surface area contributed by atoms with Gasteiger partial charge in [0.25, 0.3) is 0 Å². The molecule has 3 heterocycles. The van der Waals surface area contributed by atoms with Crippen LogP contribution in [0.1, 0.15) is 47.0 Å². The Balaban J connectivity index is 1.75. The van der Waals surface area contributed by atoms with Gasteiger partial charge < -0.3 is 19.3 Å². The van der Waals surface area contributed by atoms with Gasteiger partial charge in [-0.1, -0.05) is 0 Å². The van der Waals surface area contributed by atoms with Crippen molar-refractivity contribution < 1.29 is 14.4 Å². The number of rotatable bonds is 3. The number of aliphatic hydroxyl groups is 1. The van der Waals surface area contributed by atoms with E-state index in [1.54, 1.807) is 12.4 Å². The van der Waals surface area contributed by atoms with Crippen molar-refractivity contribution in [2.75, 3.05) is 18.1 Å². The van der Waals surface area contributed by atoms with E-state index in [1.165, 1.54) is 0 Å². The van der Waals surface area contributed by atoms with Gasteiger partial charge >= 0.3 is 7.12 Å². The van der Waals surface area contributed by atoms with Gasteiger partial charge in [-0.05, 0) is 47.0 Å². The molecule has 0 radical (unpaired) electrons. The van der Waals surface area contributed by atoms with Gasteiger partial charge in [0.2, 0.25) is 5.95 Å². The minimum absolute atomic E-state index is 0.117. The molecule has 2 aliphatic rings. The first-order valence-electron chi connectivity index (χ1n) is 8.39. The average Bonchev–Trinajstić information content (AvgIpc) is 2.75. The zero-order valence-corrected chi connectivity index (χ0v) is 14.5. The molecule has 1 atom stereocenters. The number of hydrogen-bond acceptors (Lipinski definition) is 6. The van der Waals surface area contributed by atoms with Crippen LogP contribution in [0.15, 0.2) is 12.4 Å². The third-order valence-electron chi connectivity index (χ3n) is 5.28. The monoisotopic (exact) mass is 319 g/mol. The Labute approximate surface area is 138 Å². The molecule has 0 spiro atoms. The highest BCUT2D eigenvalue weighted by atomic mass is 16.7. The second kappa shape index (κ2) is 6.04. The Morgan fingerprint density at radius 3 is 2.35 bits per heavy atom. The van der Waals surface area contributed by atoms with Crippen molar-refractivity contribution in [3.05, 3.63) is 12.4 Å². The zero-order chi connectivity index (χ0) is 16.7.